The summed E-state index contributed by atoms with van der Waals surface area (Å²) in [6.07, 6.45) is 7.99. The average Bonchev–Trinajstić information content (AvgIpc) is 2.91. The summed E-state index contributed by atoms with van der Waals surface area (Å²) in [5.74, 6) is 0.101. The third-order valence-corrected chi connectivity index (χ3v) is 5.10. The molecule has 1 aromatic heterocycles. The Kier molecular flexibility index (Phi) is 4.71. The Morgan fingerprint density at radius 1 is 1.00 bits per heavy atom. The van der Waals surface area contributed by atoms with E-state index < -0.39 is 0 Å². The predicted octanol–water partition coefficient (Wildman–Crippen LogP) is 2.18. The largest absolute Gasteiger partial charge is 0.337 e. The van der Waals surface area contributed by atoms with Gasteiger partial charge in [-0.15, -0.1) is 0 Å². The highest BCUT2D eigenvalue weighted by molar-refractivity contribution is 5.96. The normalized spacial score (nSPS) is 21.1. The summed E-state index contributed by atoms with van der Waals surface area (Å²) in [6.45, 7) is 7.58. The minimum Gasteiger partial charge on any atom is -0.337 e. The topological polar surface area (TPSA) is 49.3 Å². The zero-order valence-corrected chi connectivity index (χ0v) is 13.7. The van der Waals surface area contributed by atoms with Crippen LogP contribution < -0.4 is 0 Å². The van der Waals surface area contributed by atoms with E-state index in [-0.39, 0.29) is 5.91 Å². The Balaban J connectivity index is 1.69. The summed E-state index contributed by atoms with van der Waals surface area (Å²) in [6, 6.07) is 0.749. The smallest absolute Gasteiger partial charge is 0.257 e. The Hall–Kier alpha value is -1.49. The van der Waals surface area contributed by atoms with E-state index in [4.69, 9.17) is 0 Å². The van der Waals surface area contributed by atoms with Gasteiger partial charge < -0.3 is 4.90 Å². The first-order chi connectivity index (χ1) is 10.7. The molecule has 0 aromatic carbocycles. The summed E-state index contributed by atoms with van der Waals surface area (Å²) in [5.41, 5.74) is 2.26. The van der Waals surface area contributed by atoms with Crippen molar-refractivity contribution in [3.63, 3.8) is 0 Å². The van der Waals surface area contributed by atoms with E-state index in [0.29, 0.717) is 5.56 Å². The summed E-state index contributed by atoms with van der Waals surface area (Å²) < 4.78 is 0. The number of hydrogen-bond donors (Lipinski definition) is 0. The number of rotatable bonds is 2. The monoisotopic (exact) mass is 302 g/mol. The zero-order valence-electron chi connectivity index (χ0n) is 13.7. The Labute approximate surface area is 132 Å². The lowest BCUT2D eigenvalue weighted by Crippen LogP contribution is -2.38. The molecule has 0 unspecified atom stereocenters. The number of carbonyl (C=O) groups is 1. The van der Waals surface area contributed by atoms with E-state index in [0.717, 1.165) is 50.0 Å². The number of nitrogens with zero attached hydrogens (tertiary/aromatic N) is 4. The molecule has 120 valence electrons. The second kappa shape index (κ2) is 6.73. The molecule has 1 aliphatic carbocycles. The van der Waals surface area contributed by atoms with Gasteiger partial charge in [-0.05, 0) is 33.1 Å². The molecule has 0 radical (unpaired) electrons. The Bertz CT molecular complexity index is 519. The molecule has 1 saturated heterocycles. The lowest BCUT2D eigenvalue weighted by molar-refractivity contribution is 0.0755. The van der Waals surface area contributed by atoms with Gasteiger partial charge in [0.1, 0.15) is 6.33 Å². The molecule has 1 amide bonds. The lowest BCUT2D eigenvalue weighted by atomic mass is 10.1. The molecule has 22 heavy (non-hydrogen) atoms. The first kappa shape index (κ1) is 15.4. The molecule has 1 saturated carbocycles. The molecule has 1 aliphatic heterocycles. The van der Waals surface area contributed by atoms with Crippen molar-refractivity contribution in [1.29, 1.82) is 0 Å². The molecular formula is C17H26N4O. The van der Waals surface area contributed by atoms with Crippen LogP contribution in [0.25, 0.3) is 0 Å². The highest BCUT2D eigenvalue weighted by Gasteiger charge is 2.27. The van der Waals surface area contributed by atoms with Crippen LogP contribution in [0, 0.1) is 13.8 Å². The van der Waals surface area contributed by atoms with Gasteiger partial charge in [0, 0.05) is 32.2 Å². The van der Waals surface area contributed by atoms with Crippen molar-refractivity contribution in [2.24, 2.45) is 0 Å². The molecule has 2 fully saturated rings. The molecule has 3 rings (SSSR count). The van der Waals surface area contributed by atoms with Crippen molar-refractivity contribution in [3.8, 4) is 0 Å². The maximum atomic E-state index is 12.8. The van der Waals surface area contributed by atoms with Crippen molar-refractivity contribution in [2.75, 3.05) is 26.2 Å². The van der Waals surface area contributed by atoms with E-state index in [1.165, 1.54) is 32.0 Å². The van der Waals surface area contributed by atoms with E-state index in [2.05, 4.69) is 14.9 Å². The van der Waals surface area contributed by atoms with Crippen LogP contribution in [0.5, 0.6) is 0 Å². The molecule has 0 spiro atoms. The van der Waals surface area contributed by atoms with Crippen LogP contribution in [-0.2, 0) is 0 Å². The Morgan fingerprint density at radius 3 is 2.36 bits per heavy atom. The minimum atomic E-state index is 0.101. The first-order valence-electron chi connectivity index (χ1n) is 8.48. The van der Waals surface area contributed by atoms with Crippen LogP contribution in [0.1, 0.15) is 53.8 Å². The van der Waals surface area contributed by atoms with Crippen molar-refractivity contribution in [2.45, 2.75) is 52.0 Å². The van der Waals surface area contributed by atoms with Gasteiger partial charge in [-0.2, -0.15) is 0 Å². The summed E-state index contributed by atoms with van der Waals surface area (Å²) in [7, 11) is 0. The van der Waals surface area contributed by atoms with E-state index in [1.54, 1.807) is 0 Å². The van der Waals surface area contributed by atoms with Gasteiger partial charge in [0.15, 0.2) is 0 Å². The summed E-state index contributed by atoms with van der Waals surface area (Å²) >= 11 is 0. The fraction of sp³-hybridized carbons (Fsp3) is 0.706. The van der Waals surface area contributed by atoms with E-state index in [1.807, 2.05) is 18.7 Å². The number of aromatic nitrogens is 2. The number of aryl methyl sites for hydroxylation is 2. The van der Waals surface area contributed by atoms with Crippen molar-refractivity contribution in [3.05, 3.63) is 23.3 Å². The maximum Gasteiger partial charge on any atom is 0.257 e. The second-order valence-electron chi connectivity index (χ2n) is 6.54. The molecule has 2 aliphatic rings. The summed E-state index contributed by atoms with van der Waals surface area (Å²) in [4.78, 5) is 25.8. The standard InChI is InChI=1S/C17H26N4O/c1-13-16(14(2)19-12-18-13)17(22)21-9-5-8-20(10-11-21)15-6-3-4-7-15/h12,15H,3-11H2,1-2H3. The van der Waals surface area contributed by atoms with Crippen molar-refractivity contribution < 1.29 is 4.79 Å². The van der Waals surface area contributed by atoms with Crippen LogP contribution in [0.3, 0.4) is 0 Å². The van der Waals surface area contributed by atoms with Crippen molar-refractivity contribution >= 4 is 5.91 Å². The average molecular weight is 302 g/mol. The third-order valence-electron chi connectivity index (χ3n) is 5.10. The van der Waals surface area contributed by atoms with Crippen LogP contribution >= 0.6 is 0 Å². The molecule has 0 bridgehead atoms. The highest BCUT2D eigenvalue weighted by Crippen LogP contribution is 2.24. The molecule has 1 aromatic rings. The number of carbonyl (C=O) groups excluding carboxylic acids is 1. The molecule has 5 nitrogen and oxygen atoms in total. The zero-order chi connectivity index (χ0) is 15.5. The number of amides is 1. The van der Waals surface area contributed by atoms with Gasteiger partial charge in [-0.3, -0.25) is 9.69 Å². The molecular weight excluding hydrogens is 276 g/mol. The SMILES string of the molecule is Cc1ncnc(C)c1C(=O)N1CCCN(C2CCCC2)CC1. The quantitative estimate of drug-likeness (QED) is 0.840. The van der Waals surface area contributed by atoms with Crippen LogP contribution in [0.4, 0.5) is 0 Å². The van der Waals surface area contributed by atoms with Crippen molar-refractivity contribution in [1.82, 2.24) is 19.8 Å². The third kappa shape index (κ3) is 3.14. The first-order valence-corrected chi connectivity index (χ1v) is 8.48. The second-order valence-corrected chi connectivity index (χ2v) is 6.54. The molecule has 2 heterocycles. The van der Waals surface area contributed by atoms with Gasteiger partial charge in [-0.1, -0.05) is 12.8 Å². The van der Waals surface area contributed by atoms with Gasteiger partial charge in [-0.25, -0.2) is 9.97 Å². The lowest BCUT2D eigenvalue weighted by Gasteiger charge is -2.27. The van der Waals surface area contributed by atoms with Gasteiger partial charge in [0.05, 0.1) is 17.0 Å². The Morgan fingerprint density at radius 2 is 1.68 bits per heavy atom. The summed E-state index contributed by atoms with van der Waals surface area (Å²) in [5, 5.41) is 0. The van der Waals surface area contributed by atoms with Gasteiger partial charge in [0.2, 0.25) is 0 Å². The highest BCUT2D eigenvalue weighted by atomic mass is 16.2. The van der Waals surface area contributed by atoms with Crippen LogP contribution in [0.2, 0.25) is 0 Å². The predicted molar refractivity (Wildman–Crippen MR) is 85.9 cm³/mol. The van der Waals surface area contributed by atoms with Crippen LogP contribution in [-0.4, -0.2) is 57.9 Å². The minimum absolute atomic E-state index is 0.101. The molecule has 0 atom stereocenters. The van der Waals surface area contributed by atoms with Gasteiger partial charge >= 0.3 is 0 Å². The van der Waals surface area contributed by atoms with Crippen LogP contribution in [0.15, 0.2) is 6.33 Å². The van der Waals surface area contributed by atoms with Gasteiger partial charge in [0.25, 0.3) is 5.91 Å². The van der Waals surface area contributed by atoms with E-state index in [9.17, 15) is 4.79 Å². The fourth-order valence-corrected chi connectivity index (χ4v) is 3.84. The fourth-order valence-electron chi connectivity index (χ4n) is 3.84. The van der Waals surface area contributed by atoms with E-state index >= 15 is 0 Å². The molecule has 0 N–H and O–H groups in total. The number of hydrogen-bond acceptors (Lipinski definition) is 4. The maximum absolute atomic E-state index is 12.8. The molecule has 5 heteroatoms.